The fourth-order valence-electron chi connectivity index (χ4n) is 6.29. The van der Waals surface area contributed by atoms with E-state index in [-0.39, 0.29) is 0 Å². The molecular formula is C39H63O6PSi3. The van der Waals surface area contributed by atoms with E-state index in [1.54, 1.807) is 0 Å². The topological polar surface area (TPSA) is 55.4 Å². The average molecular weight is 743 g/mol. The van der Waals surface area contributed by atoms with Gasteiger partial charge in [-0.05, 0) is 72.6 Å². The molecule has 0 aliphatic heterocycles. The second kappa shape index (κ2) is 20.8. The molecule has 10 heteroatoms. The van der Waals surface area contributed by atoms with Gasteiger partial charge in [0.2, 0.25) is 0 Å². The first kappa shape index (κ1) is 41.4. The van der Waals surface area contributed by atoms with Crippen molar-refractivity contribution in [2.75, 3.05) is 0 Å². The Kier molecular flexibility index (Phi) is 17.6. The van der Waals surface area contributed by atoms with E-state index in [4.69, 9.17) is 26.8 Å². The van der Waals surface area contributed by atoms with Gasteiger partial charge in [0.05, 0.1) is 19.8 Å². The van der Waals surface area contributed by atoms with Crippen LogP contribution in [-0.4, -0.2) is 25.0 Å². The maximum atomic E-state index is 6.74. The van der Waals surface area contributed by atoms with E-state index in [0.717, 1.165) is 71.1 Å². The smallest absolute Gasteiger partial charge is 0.412 e. The van der Waals surface area contributed by atoms with E-state index in [1.165, 1.54) is 0 Å². The van der Waals surface area contributed by atoms with Gasteiger partial charge >= 0.3 is 8.60 Å². The summed E-state index contributed by atoms with van der Waals surface area (Å²) in [5.74, 6) is 2.14. The number of hydrogen-bond donors (Lipinski definition) is 0. The molecule has 0 aliphatic rings. The van der Waals surface area contributed by atoms with Gasteiger partial charge in [0.1, 0.15) is 17.2 Å². The van der Waals surface area contributed by atoms with Crippen molar-refractivity contribution < 1.29 is 26.8 Å². The van der Waals surface area contributed by atoms with Gasteiger partial charge in [0.25, 0.3) is 0 Å². The molecule has 0 aliphatic carbocycles. The van der Waals surface area contributed by atoms with Crippen LogP contribution in [0.2, 0.25) is 54.4 Å². The first-order valence-electron chi connectivity index (χ1n) is 18.7. The summed E-state index contributed by atoms with van der Waals surface area (Å²) in [5, 5.41) is 0. The third-order valence-electron chi connectivity index (χ3n) is 10.8. The lowest BCUT2D eigenvalue weighted by Gasteiger charge is -2.29. The van der Waals surface area contributed by atoms with E-state index in [9.17, 15) is 0 Å². The summed E-state index contributed by atoms with van der Waals surface area (Å²) in [6.07, 6.45) is 0. The summed E-state index contributed by atoms with van der Waals surface area (Å²) in [7, 11) is -7.33. The fourth-order valence-corrected chi connectivity index (χ4v) is 15.1. The van der Waals surface area contributed by atoms with Crippen molar-refractivity contribution in [1.82, 2.24) is 0 Å². The van der Waals surface area contributed by atoms with Gasteiger partial charge in [0, 0.05) is 16.7 Å². The molecule has 0 unspecified atom stereocenters. The SMILES string of the molecule is CC[Si](CC)(CC)OCc1ccccc1OP(Oc1ccccc1CO[Si](CC)(CC)CC)Oc1ccccc1CO[Si](CC)(CC)CC. The van der Waals surface area contributed by atoms with Crippen LogP contribution in [0.15, 0.2) is 72.8 Å². The van der Waals surface area contributed by atoms with Gasteiger partial charge < -0.3 is 26.8 Å². The highest BCUT2D eigenvalue weighted by Gasteiger charge is 2.32. The van der Waals surface area contributed by atoms with Gasteiger partial charge in [-0.3, -0.25) is 0 Å². The van der Waals surface area contributed by atoms with Gasteiger partial charge in [-0.15, -0.1) is 0 Å². The maximum Gasteiger partial charge on any atom is 0.530 e. The Labute approximate surface area is 302 Å². The predicted molar refractivity (Wildman–Crippen MR) is 214 cm³/mol. The van der Waals surface area contributed by atoms with Crippen molar-refractivity contribution in [2.45, 2.75) is 137 Å². The summed E-state index contributed by atoms with van der Waals surface area (Å²) in [5.41, 5.74) is 2.99. The molecule has 0 aromatic heterocycles. The lowest BCUT2D eigenvalue weighted by molar-refractivity contribution is 0.277. The Hall–Kier alpha value is -1.98. The summed E-state index contributed by atoms with van der Waals surface area (Å²) >= 11 is 0. The van der Waals surface area contributed by atoms with Crippen LogP contribution in [0.25, 0.3) is 0 Å². The summed E-state index contributed by atoms with van der Waals surface area (Å²) in [6.45, 7) is 21.8. The minimum Gasteiger partial charge on any atom is -0.412 e. The van der Waals surface area contributed by atoms with Gasteiger partial charge in [-0.1, -0.05) is 117 Å². The molecular weight excluding hydrogens is 680 g/mol. The minimum atomic E-state index is -1.92. The molecule has 0 saturated heterocycles. The van der Waals surface area contributed by atoms with Crippen molar-refractivity contribution in [1.29, 1.82) is 0 Å². The summed E-state index contributed by atoms with van der Waals surface area (Å²) < 4.78 is 40.3. The van der Waals surface area contributed by atoms with Crippen LogP contribution in [0.4, 0.5) is 0 Å². The van der Waals surface area contributed by atoms with Crippen molar-refractivity contribution >= 4 is 33.6 Å². The largest absolute Gasteiger partial charge is 0.530 e. The average Bonchev–Trinajstić information content (AvgIpc) is 3.15. The molecule has 0 bridgehead atoms. The highest BCUT2D eigenvalue weighted by Crippen LogP contribution is 2.46. The third kappa shape index (κ3) is 11.5. The number of benzene rings is 3. The lowest BCUT2D eigenvalue weighted by Crippen LogP contribution is -2.35. The molecule has 0 spiro atoms. The van der Waals surface area contributed by atoms with Crippen molar-refractivity contribution in [3.63, 3.8) is 0 Å². The molecule has 0 N–H and O–H groups in total. The maximum absolute atomic E-state index is 6.74. The van der Waals surface area contributed by atoms with Gasteiger partial charge in [-0.2, -0.15) is 0 Å². The Morgan fingerprint density at radius 3 is 0.816 bits per heavy atom. The number of hydrogen-bond acceptors (Lipinski definition) is 6. The van der Waals surface area contributed by atoms with Crippen LogP contribution in [0, 0.1) is 0 Å². The van der Waals surface area contributed by atoms with Gasteiger partial charge in [-0.25, -0.2) is 0 Å². The first-order chi connectivity index (χ1) is 23.7. The number of rotatable bonds is 24. The molecule has 3 aromatic carbocycles. The zero-order chi connectivity index (χ0) is 35.8. The Morgan fingerprint density at radius 2 is 0.592 bits per heavy atom. The normalized spacial score (nSPS) is 12.4. The zero-order valence-electron chi connectivity index (χ0n) is 31.8. The van der Waals surface area contributed by atoms with Gasteiger partial charge in [0.15, 0.2) is 25.0 Å². The van der Waals surface area contributed by atoms with E-state index in [1.807, 2.05) is 54.6 Å². The molecule has 3 rings (SSSR count). The van der Waals surface area contributed by atoms with Crippen molar-refractivity contribution in [3.8, 4) is 17.2 Å². The third-order valence-corrected chi connectivity index (χ3v) is 25.7. The molecule has 0 saturated carbocycles. The highest BCUT2D eigenvalue weighted by atomic mass is 31.2. The summed E-state index contributed by atoms with van der Waals surface area (Å²) in [6, 6.07) is 34.2. The molecule has 0 atom stereocenters. The minimum absolute atomic E-state index is 0.505. The van der Waals surface area contributed by atoms with E-state index in [0.29, 0.717) is 37.1 Å². The molecule has 49 heavy (non-hydrogen) atoms. The highest BCUT2D eigenvalue weighted by molar-refractivity contribution is 7.43. The zero-order valence-corrected chi connectivity index (χ0v) is 35.7. The second-order valence-corrected chi connectivity index (χ2v) is 28.2. The van der Waals surface area contributed by atoms with Crippen molar-refractivity contribution in [2.24, 2.45) is 0 Å². The standard InChI is InChI=1S/C39H63O6PSi3/c1-10-47(11-2,12-3)40-31-34-25-19-22-28-37(34)43-46(44-38-29-23-20-26-35(38)32-41-48(13-4,14-5)15-6)45-39-30-24-21-27-36(39)33-42-49(16-7,17-8)18-9/h19-30H,10-18,31-33H2,1-9H3. The Morgan fingerprint density at radius 1 is 0.367 bits per heavy atom. The van der Waals surface area contributed by atoms with Crippen LogP contribution in [0.3, 0.4) is 0 Å². The van der Waals surface area contributed by atoms with E-state index >= 15 is 0 Å². The first-order valence-corrected chi connectivity index (χ1v) is 27.4. The summed E-state index contributed by atoms with van der Waals surface area (Å²) in [4.78, 5) is 0. The monoisotopic (exact) mass is 742 g/mol. The Balaban J connectivity index is 1.97. The van der Waals surface area contributed by atoms with Crippen LogP contribution in [0.5, 0.6) is 17.2 Å². The van der Waals surface area contributed by atoms with E-state index < -0.39 is 33.6 Å². The molecule has 272 valence electrons. The van der Waals surface area contributed by atoms with Crippen molar-refractivity contribution in [3.05, 3.63) is 89.5 Å². The van der Waals surface area contributed by atoms with Crippen LogP contribution in [-0.2, 0) is 33.1 Å². The fraction of sp³-hybridized carbons (Fsp3) is 0.538. The van der Waals surface area contributed by atoms with Crippen LogP contribution < -0.4 is 13.6 Å². The van der Waals surface area contributed by atoms with E-state index in [2.05, 4.69) is 80.5 Å². The molecule has 0 amide bonds. The lowest BCUT2D eigenvalue weighted by atomic mass is 10.2. The second-order valence-electron chi connectivity index (χ2n) is 12.9. The molecule has 0 fully saturated rings. The quantitative estimate of drug-likeness (QED) is 0.0673. The number of para-hydroxylation sites is 3. The van der Waals surface area contributed by atoms with Crippen LogP contribution >= 0.6 is 8.60 Å². The molecule has 0 radical (unpaired) electrons. The predicted octanol–water partition coefficient (Wildman–Crippen LogP) is 13.0. The molecule has 6 nitrogen and oxygen atoms in total. The van der Waals surface area contributed by atoms with Crippen LogP contribution in [0.1, 0.15) is 79.0 Å². The molecule has 0 heterocycles. The molecule has 3 aromatic rings. The Bertz CT molecular complexity index is 1190.